The van der Waals surface area contributed by atoms with E-state index in [-0.39, 0.29) is 27.2 Å². The second-order valence-corrected chi connectivity index (χ2v) is 6.85. The monoisotopic (exact) mass is 358 g/mol. The molecule has 0 fully saturated rings. The Morgan fingerprint density at radius 3 is 2.25 bits per heavy atom. The number of anilines is 1. The number of fused-ring (bicyclic) bond motifs is 1. The summed E-state index contributed by atoms with van der Waals surface area (Å²) in [6.07, 6.45) is 0.947. The normalized spacial score (nSPS) is 11.9. The van der Waals surface area contributed by atoms with Crippen LogP contribution in [0.15, 0.2) is 0 Å². The van der Waals surface area contributed by atoms with Gasteiger partial charge in [0.2, 0.25) is 15.3 Å². The molecule has 0 bridgehead atoms. The van der Waals surface area contributed by atoms with Crippen molar-refractivity contribution in [2.24, 2.45) is 0 Å². The van der Waals surface area contributed by atoms with Gasteiger partial charge in [-0.05, 0) is 11.6 Å². The van der Waals surface area contributed by atoms with Gasteiger partial charge in [0.1, 0.15) is 10.7 Å². The van der Waals surface area contributed by atoms with E-state index < -0.39 is 21.0 Å². The fraction of sp³-hybridized carbons (Fsp3) is 0.222. The van der Waals surface area contributed by atoms with Crippen LogP contribution >= 0.6 is 34.8 Å². The molecule has 11 heteroatoms. The van der Waals surface area contributed by atoms with Gasteiger partial charge in [-0.1, -0.05) is 23.2 Å². The Morgan fingerprint density at radius 1 is 1.10 bits per heavy atom. The van der Waals surface area contributed by atoms with Crippen molar-refractivity contribution in [2.45, 2.75) is 0 Å². The number of rotatable bonds is 2. The van der Waals surface area contributed by atoms with Crippen LogP contribution in [0.25, 0.3) is 10.9 Å². The molecule has 20 heavy (non-hydrogen) atoms. The minimum atomic E-state index is -3.66. The molecule has 6 nitrogen and oxygen atoms in total. The van der Waals surface area contributed by atoms with E-state index in [1.165, 1.54) is 7.05 Å². The summed E-state index contributed by atoms with van der Waals surface area (Å²) in [7, 11) is -2.44. The molecule has 0 unspecified atom stereocenters. The lowest BCUT2D eigenvalue weighted by Gasteiger charge is -2.18. The second-order valence-electron chi connectivity index (χ2n) is 3.78. The van der Waals surface area contributed by atoms with Gasteiger partial charge in [-0.3, -0.25) is 4.31 Å². The van der Waals surface area contributed by atoms with Crippen LogP contribution in [0.1, 0.15) is 0 Å². The number of hydrogen-bond donors (Lipinski definition) is 0. The molecule has 2 rings (SSSR count). The van der Waals surface area contributed by atoms with E-state index in [4.69, 9.17) is 34.8 Å². The zero-order chi connectivity index (χ0) is 15.2. The van der Waals surface area contributed by atoms with E-state index in [0.29, 0.717) is 0 Å². The number of halogens is 4. The Balaban J connectivity index is 2.96. The van der Waals surface area contributed by atoms with Crippen LogP contribution in [-0.2, 0) is 10.0 Å². The summed E-state index contributed by atoms with van der Waals surface area (Å²) in [5, 5.41) is -1.16. The van der Waals surface area contributed by atoms with E-state index in [1.54, 1.807) is 0 Å². The van der Waals surface area contributed by atoms with Crippen molar-refractivity contribution < 1.29 is 12.8 Å². The Bertz CT molecular complexity index is 815. The fourth-order valence-electron chi connectivity index (χ4n) is 1.45. The lowest BCUT2D eigenvalue weighted by Crippen LogP contribution is -2.26. The highest BCUT2D eigenvalue weighted by molar-refractivity contribution is 7.92. The molecule has 0 atom stereocenters. The Kier molecular flexibility index (Phi) is 3.94. The van der Waals surface area contributed by atoms with E-state index >= 15 is 0 Å². The number of aromatic nitrogens is 3. The third-order valence-corrected chi connectivity index (χ3v) is 4.31. The van der Waals surface area contributed by atoms with Gasteiger partial charge in [-0.2, -0.15) is 0 Å². The van der Waals surface area contributed by atoms with Crippen LogP contribution in [0, 0.1) is 5.82 Å². The first-order chi connectivity index (χ1) is 9.12. The number of pyridine rings is 1. The maximum atomic E-state index is 13.9. The highest BCUT2D eigenvalue weighted by Crippen LogP contribution is 2.34. The number of sulfonamides is 1. The molecule has 2 aromatic rings. The number of nitrogens with zero attached hydrogens (tertiary/aromatic N) is 4. The minimum absolute atomic E-state index is 0.0918. The molecule has 0 aliphatic heterocycles. The van der Waals surface area contributed by atoms with Gasteiger partial charge in [0, 0.05) is 7.05 Å². The molecule has 2 heterocycles. The highest BCUT2D eigenvalue weighted by Gasteiger charge is 2.24. The van der Waals surface area contributed by atoms with Gasteiger partial charge in [0.25, 0.3) is 0 Å². The first-order valence-electron chi connectivity index (χ1n) is 4.94. The van der Waals surface area contributed by atoms with Crippen molar-refractivity contribution in [3.63, 3.8) is 0 Å². The first-order valence-corrected chi connectivity index (χ1v) is 7.92. The maximum absolute atomic E-state index is 13.9. The molecule has 0 aliphatic rings. The van der Waals surface area contributed by atoms with Crippen molar-refractivity contribution >= 4 is 61.5 Å². The maximum Gasteiger partial charge on any atom is 0.233 e. The standard InChI is InChI=1S/C9H6Cl3FN4O2S/c1-17(20(2,18)19)8-3-5(4(13)7(11)15-8)14-9(12)16-6(3)10/h1-2H3. The van der Waals surface area contributed by atoms with Crippen LogP contribution in [-0.4, -0.2) is 36.7 Å². The average molecular weight is 360 g/mol. The average Bonchev–Trinajstić information content (AvgIpc) is 2.31. The molecule has 0 radical (unpaired) electrons. The van der Waals surface area contributed by atoms with Gasteiger partial charge in [-0.15, -0.1) is 0 Å². The van der Waals surface area contributed by atoms with Gasteiger partial charge in [-0.25, -0.2) is 27.8 Å². The molecule has 0 saturated heterocycles. The largest absolute Gasteiger partial charge is 0.256 e. The topological polar surface area (TPSA) is 76.1 Å². The molecule has 0 N–H and O–H groups in total. The minimum Gasteiger partial charge on any atom is -0.256 e. The van der Waals surface area contributed by atoms with Crippen LogP contribution in [0.5, 0.6) is 0 Å². The number of hydrogen-bond acceptors (Lipinski definition) is 5. The van der Waals surface area contributed by atoms with Crippen LogP contribution in [0.2, 0.25) is 15.6 Å². The zero-order valence-electron chi connectivity index (χ0n) is 10.0. The van der Waals surface area contributed by atoms with E-state index in [0.717, 1.165) is 10.6 Å². The predicted molar refractivity (Wildman–Crippen MR) is 75.6 cm³/mol. The smallest absolute Gasteiger partial charge is 0.233 e. The molecule has 108 valence electrons. The highest BCUT2D eigenvalue weighted by atomic mass is 35.5. The van der Waals surface area contributed by atoms with Crippen LogP contribution < -0.4 is 4.31 Å². The van der Waals surface area contributed by atoms with Crippen molar-refractivity contribution in [1.82, 2.24) is 15.0 Å². The Labute approximate surface area is 128 Å². The SMILES string of the molecule is CN(c1nc(Cl)c(F)c2nc(Cl)nc(Cl)c12)S(C)(=O)=O. The summed E-state index contributed by atoms with van der Waals surface area (Å²) >= 11 is 17.1. The third kappa shape index (κ3) is 2.60. The third-order valence-electron chi connectivity index (χ3n) is 2.45. The van der Waals surface area contributed by atoms with Crippen molar-refractivity contribution in [2.75, 3.05) is 17.6 Å². The lowest BCUT2D eigenvalue weighted by molar-refractivity contribution is 0.599. The van der Waals surface area contributed by atoms with Gasteiger partial charge >= 0.3 is 0 Å². The molecule has 0 saturated carbocycles. The summed E-state index contributed by atoms with van der Waals surface area (Å²) < 4.78 is 37.9. The van der Waals surface area contributed by atoms with Crippen molar-refractivity contribution in [1.29, 1.82) is 0 Å². The molecule has 0 spiro atoms. The Morgan fingerprint density at radius 2 is 1.70 bits per heavy atom. The van der Waals surface area contributed by atoms with Gasteiger partial charge < -0.3 is 0 Å². The van der Waals surface area contributed by atoms with E-state index in [9.17, 15) is 12.8 Å². The zero-order valence-corrected chi connectivity index (χ0v) is 13.1. The quantitative estimate of drug-likeness (QED) is 0.468. The second kappa shape index (κ2) is 5.10. The molecule has 2 aromatic heterocycles. The van der Waals surface area contributed by atoms with Crippen molar-refractivity contribution in [3.8, 4) is 0 Å². The summed E-state index contributed by atoms with van der Waals surface area (Å²) in [5.41, 5.74) is -0.305. The molecule has 0 aliphatic carbocycles. The molecule has 0 aromatic carbocycles. The van der Waals surface area contributed by atoms with Crippen molar-refractivity contribution in [3.05, 3.63) is 21.4 Å². The first kappa shape index (κ1) is 15.4. The van der Waals surface area contributed by atoms with Gasteiger partial charge in [0.15, 0.2) is 16.8 Å². The Hall–Kier alpha value is -0.960. The fourth-order valence-corrected chi connectivity index (χ4v) is 2.53. The van der Waals surface area contributed by atoms with E-state index in [1.807, 2.05) is 0 Å². The summed E-state index contributed by atoms with van der Waals surface area (Å²) in [6.45, 7) is 0. The molecular weight excluding hydrogens is 354 g/mol. The molecule has 0 amide bonds. The van der Waals surface area contributed by atoms with Crippen LogP contribution in [0.4, 0.5) is 10.2 Å². The lowest BCUT2D eigenvalue weighted by atomic mass is 10.3. The van der Waals surface area contributed by atoms with Crippen LogP contribution in [0.3, 0.4) is 0 Å². The molecular formula is C9H6Cl3FN4O2S. The summed E-state index contributed by atoms with van der Waals surface area (Å²) in [6, 6.07) is 0. The van der Waals surface area contributed by atoms with Gasteiger partial charge in [0.05, 0.1) is 11.6 Å². The van der Waals surface area contributed by atoms with E-state index in [2.05, 4.69) is 15.0 Å². The summed E-state index contributed by atoms with van der Waals surface area (Å²) in [5.74, 6) is -1.14. The summed E-state index contributed by atoms with van der Waals surface area (Å²) in [4.78, 5) is 11.0. The predicted octanol–water partition coefficient (Wildman–Crippen LogP) is 2.52.